The smallest absolute Gasteiger partial charge is 0.213 e. The molecule has 0 spiro atoms. The largest absolute Gasteiger partial charge is 0.496 e. The summed E-state index contributed by atoms with van der Waals surface area (Å²) in [4.78, 5) is 8.70. The molecule has 3 rings (SSSR count). The molecule has 0 saturated heterocycles. The molecule has 2 heterocycles. The summed E-state index contributed by atoms with van der Waals surface area (Å²) in [6, 6.07) is 7.79. The molecule has 0 fully saturated rings. The maximum atomic E-state index is 5.34. The second-order valence-electron chi connectivity index (χ2n) is 3.75. The molecule has 2 aromatic heterocycles. The van der Waals surface area contributed by atoms with E-state index >= 15 is 0 Å². The summed E-state index contributed by atoms with van der Waals surface area (Å²) >= 11 is 6.47. The number of para-hydroxylation sites is 1. The average molecular weight is 290 g/mol. The van der Waals surface area contributed by atoms with E-state index in [2.05, 4.69) is 20.2 Å². The van der Waals surface area contributed by atoms with Gasteiger partial charge in [-0.3, -0.25) is 10.2 Å². The van der Waals surface area contributed by atoms with E-state index in [0.29, 0.717) is 10.6 Å². The summed E-state index contributed by atoms with van der Waals surface area (Å²) in [5.41, 5.74) is 1.73. The van der Waals surface area contributed by atoms with Crippen LogP contribution in [0.1, 0.15) is 0 Å². The first-order chi connectivity index (χ1) is 9.28. The number of rotatable bonds is 3. The minimum absolute atomic E-state index is 0.418. The molecule has 0 amide bonds. The minimum Gasteiger partial charge on any atom is -0.496 e. The van der Waals surface area contributed by atoms with Crippen molar-refractivity contribution in [2.24, 2.45) is 0 Å². The molecule has 0 atom stereocenters. The van der Waals surface area contributed by atoms with E-state index in [-0.39, 0.29) is 0 Å². The Bertz CT molecular complexity index is 759. The monoisotopic (exact) mass is 290 g/mol. The molecule has 5 nitrogen and oxygen atoms in total. The van der Waals surface area contributed by atoms with Gasteiger partial charge in [0, 0.05) is 5.38 Å². The standard InChI is InChI=1S/C12H10N4OS2/c1-17-9-5-3-2-4-7(9)11-13-8(6-19-11)10-14-12(18)16-15-10/h2-6H,1H3,(H2,14,15,16,18). The summed E-state index contributed by atoms with van der Waals surface area (Å²) in [6.45, 7) is 0. The number of nitrogens with zero attached hydrogens (tertiary/aromatic N) is 2. The highest BCUT2D eigenvalue weighted by molar-refractivity contribution is 7.71. The first kappa shape index (κ1) is 12.1. The van der Waals surface area contributed by atoms with Crippen LogP contribution in [0.4, 0.5) is 0 Å². The molecule has 7 heteroatoms. The number of aromatic amines is 2. The van der Waals surface area contributed by atoms with Crippen LogP contribution in [0.2, 0.25) is 0 Å². The Kier molecular flexibility index (Phi) is 3.14. The maximum Gasteiger partial charge on any atom is 0.213 e. The van der Waals surface area contributed by atoms with E-state index in [1.165, 1.54) is 11.3 Å². The van der Waals surface area contributed by atoms with Crippen molar-refractivity contribution in [1.29, 1.82) is 0 Å². The normalized spacial score (nSPS) is 10.6. The third kappa shape index (κ3) is 2.29. The lowest BCUT2D eigenvalue weighted by Crippen LogP contribution is -1.87. The highest BCUT2D eigenvalue weighted by Crippen LogP contribution is 2.33. The van der Waals surface area contributed by atoms with Gasteiger partial charge in [-0.25, -0.2) is 4.98 Å². The van der Waals surface area contributed by atoms with Crippen molar-refractivity contribution in [3.05, 3.63) is 34.4 Å². The molecule has 2 N–H and O–H groups in total. The van der Waals surface area contributed by atoms with Crippen LogP contribution in [0.25, 0.3) is 22.1 Å². The highest BCUT2D eigenvalue weighted by Gasteiger charge is 2.11. The van der Waals surface area contributed by atoms with Crippen molar-refractivity contribution in [2.45, 2.75) is 0 Å². The molecular formula is C12H10N4OS2. The lowest BCUT2D eigenvalue weighted by Gasteiger charge is -2.04. The van der Waals surface area contributed by atoms with Crippen LogP contribution in [0.15, 0.2) is 29.6 Å². The SMILES string of the molecule is COc1ccccc1-c1nc(-c2nc(=S)[nH][nH]2)cs1. The van der Waals surface area contributed by atoms with E-state index in [9.17, 15) is 0 Å². The van der Waals surface area contributed by atoms with Crippen molar-refractivity contribution in [1.82, 2.24) is 20.2 Å². The summed E-state index contributed by atoms with van der Waals surface area (Å²) in [5, 5.41) is 8.46. The molecule has 3 aromatic rings. The molecule has 0 bridgehead atoms. The number of H-pyrrole nitrogens is 2. The number of benzene rings is 1. The molecule has 0 aliphatic heterocycles. The van der Waals surface area contributed by atoms with Crippen LogP contribution in [0, 0.1) is 4.77 Å². The van der Waals surface area contributed by atoms with Gasteiger partial charge >= 0.3 is 0 Å². The van der Waals surface area contributed by atoms with E-state index < -0.39 is 0 Å². The second kappa shape index (κ2) is 4.94. The van der Waals surface area contributed by atoms with E-state index in [1.807, 2.05) is 29.6 Å². The van der Waals surface area contributed by atoms with Gasteiger partial charge in [-0.05, 0) is 24.4 Å². The predicted molar refractivity (Wildman–Crippen MR) is 76.9 cm³/mol. The summed E-state index contributed by atoms with van der Waals surface area (Å²) < 4.78 is 5.76. The maximum absolute atomic E-state index is 5.34. The molecule has 0 unspecified atom stereocenters. The molecule has 0 aliphatic rings. The zero-order chi connectivity index (χ0) is 13.2. The van der Waals surface area contributed by atoms with E-state index in [1.54, 1.807) is 7.11 Å². The number of ether oxygens (including phenoxy) is 1. The van der Waals surface area contributed by atoms with E-state index in [0.717, 1.165) is 22.0 Å². The van der Waals surface area contributed by atoms with Crippen molar-refractivity contribution in [2.75, 3.05) is 7.11 Å². The van der Waals surface area contributed by atoms with Crippen LogP contribution < -0.4 is 4.74 Å². The van der Waals surface area contributed by atoms with Gasteiger partial charge in [-0.1, -0.05) is 12.1 Å². The number of hydrogen-bond acceptors (Lipinski definition) is 5. The summed E-state index contributed by atoms with van der Waals surface area (Å²) in [7, 11) is 1.65. The third-order valence-corrected chi connectivity index (χ3v) is 3.65. The van der Waals surface area contributed by atoms with Gasteiger partial charge < -0.3 is 4.74 Å². The van der Waals surface area contributed by atoms with Crippen LogP contribution in [0.5, 0.6) is 5.75 Å². The van der Waals surface area contributed by atoms with Gasteiger partial charge in [0.1, 0.15) is 16.5 Å². The van der Waals surface area contributed by atoms with Crippen LogP contribution in [-0.4, -0.2) is 27.3 Å². The number of thiazole rings is 1. The number of aromatic nitrogens is 4. The minimum atomic E-state index is 0.418. The van der Waals surface area contributed by atoms with Gasteiger partial charge in [0.25, 0.3) is 0 Å². The van der Waals surface area contributed by atoms with Gasteiger partial charge in [0.15, 0.2) is 5.82 Å². The van der Waals surface area contributed by atoms with E-state index in [4.69, 9.17) is 17.0 Å². The van der Waals surface area contributed by atoms with Crippen molar-refractivity contribution in [3.8, 4) is 27.8 Å². The van der Waals surface area contributed by atoms with Gasteiger partial charge in [0.2, 0.25) is 4.77 Å². The summed E-state index contributed by atoms with van der Waals surface area (Å²) in [5.74, 6) is 1.45. The first-order valence-corrected chi connectivity index (χ1v) is 6.80. The Morgan fingerprint density at radius 3 is 2.79 bits per heavy atom. The fraction of sp³-hybridized carbons (Fsp3) is 0.0833. The Hall–Kier alpha value is -1.99. The van der Waals surface area contributed by atoms with Crippen molar-refractivity contribution in [3.63, 3.8) is 0 Å². The lowest BCUT2D eigenvalue weighted by atomic mass is 10.2. The number of hydrogen-bond donors (Lipinski definition) is 2. The first-order valence-electron chi connectivity index (χ1n) is 5.52. The Morgan fingerprint density at radius 2 is 2.05 bits per heavy atom. The molecule has 0 radical (unpaired) electrons. The van der Waals surface area contributed by atoms with Crippen LogP contribution >= 0.6 is 23.6 Å². The lowest BCUT2D eigenvalue weighted by molar-refractivity contribution is 0.416. The number of methoxy groups -OCH3 is 1. The van der Waals surface area contributed by atoms with Crippen molar-refractivity contribution >= 4 is 23.6 Å². The third-order valence-electron chi connectivity index (χ3n) is 2.59. The van der Waals surface area contributed by atoms with Crippen LogP contribution in [0.3, 0.4) is 0 Å². The van der Waals surface area contributed by atoms with Gasteiger partial charge in [-0.15, -0.1) is 11.3 Å². The Labute approximate surface area is 118 Å². The molecular weight excluding hydrogens is 280 g/mol. The second-order valence-corrected chi connectivity index (χ2v) is 5.00. The Morgan fingerprint density at radius 1 is 1.21 bits per heavy atom. The zero-order valence-electron chi connectivity index (χ0n) is 10.0. The highest BCUT2D eigenvalue weighted by atomic mass is 32.1. The fourth-order valence-electron chi connectivity index (χ4n) is 1.72. The molecule has 19 heavy (non-hydrogen) atoms. The zero-order valence-corrected chi connectivity index (χ0v) is 11.6. The topological polar surface area (TPSA) is 66.6 Å². The molecule has 96 valence electrons. The van der Waals surface area contributed by atoms with Crippen LogP contribution in [-0.2, 0) is 0 Å². The van der Waals surface area contributed by atoms with Gasteiger partial charge in [0.05, 0.1) is 12.7 Å². The number of nitrogens with one attached hydrogen (secondary N) is 2. The average Bonchev–Trinajstić information content (AvgIpc) is 3.07. The fourth-order valence-corrected chi connectivity index (χ4v) is 2.70. The predicted octanol–water partition coefficient (Wildman–Crippen LogP) is 3.27. The Balaban J connectivity index is 2.04. The summed E-state index contributed by atoms with van der Waals surface area (Å²) in [6.07, 6.45) is 0. The van der Waals surface area contributed by atoms with Gasteiger partial charge in [-0.2, -0.15) is 4.98 Å². The molecule has 0 aliphatic carbocycles. The quantitative estimate of drug-likeness (QED) is 0.727. The molecule has 1 aromatic carbocycles. The molecule has 0 saturated carbocycles. The van der Waals surface area contributed by atoms with Crippen molar-refractivity contribution < 1.29 is 4.74 Å².